The Bertz CT molecular complexity index is 706. The average molecular weight is 294 g/mol. The molecule has 22 heavy (non-hydrogen) atoms. The lowest BCUT2D eigenvalue weighted by atomic mass is 10.1. The molecule has 0 aliphatic rings. The van der Waals surface area contributed by atoms with Crippen molar-refractivity contribution >= 4 is 23.6 Å². The standard InChI is InChI=1S/C18H18N2O2/c1-13-7-6-10-16(11-13)20-18(22)17(19-14(2)21)12-15-8-4-3-5-9-15/h3-12H,1-2H3,(H,19,21)(H,20,22)/b17-12+. The highest BCUT2D eigenvalue weighted by molar-refractivity contribution is 6.08. The van der Waals surface area contributed by atoms with E-state index in [-0.39, 0.29) is 17.5 Å². The maximum Gasteiger partial charge on any atom is 0.272 e. The van der Waals surface area contributed by atoms with Gasteiger partial charge in [0.25, 0.3) is 5.91 Å². The summed E-state index contributed by atoms with van der Waals surface area (Å²) in [5.41, 5.74) is 2.78. The molecule has 2 aromatic rings. The minimum atomic E-state index is -0.357. The van der Waals surface area contributed by atoms with Crippen LogP contribution in [-0.4, -0.2) is 11.8 Å². The lowest BCUT2D eigenvalue weighted by Gasteiger charge is -2.10. The molecule has 4 heteroatoms. The predicted octanol–water partition coefficient (Wildman–Crippen LogP) is 3.11. The van der Waals surface area contributed by atoms with Crippen LogP contribution in [0.2, 0.25) is 0 Å². The van der Waals surface area contributed by atoms with Crippen LogP contribution in [-0.2, 0) is 9.59 Å². The van der Waals surface area contributed by atoms with Gasteiger partial charge in [-0.05, 0) is 36.3 Å². The van der Waals surface area contributed by atoms with Gasteiger partial charge in [-0.3, -0.25) is 9.59 Å². The first kappa shape index (κ1) is 15.5. The molecular formula is C18H18N2O2. The van der Waals surface area contributed by atoms with Crippen LogP contribution in [0.25, 0.3) is 6.08 Å². The maximum absolute atomic E-state index is 12.4. The molecule has 0 unspecified atom stereocenters. The zero-order chi connectivity index (χ0) is 15.9. The van der Waals surface area contributed by atoms with Crippen LogP contribution in [0.1, 0.15) is 18.1 Å². The van der Waals surface area contributed by atoms with Crippen molar-refractivity contribution in [1.82, 2.24) is 5.32 Å². The van der Waals surface area contributed by atoms with E-state index < -0.39 is 0 Å². The van der Waals surface area contributed by atoms with Gasteiger partial charge in [0.2, 0.25) is 5.91 Å². The van der Waals surface area contributed by atoms with E-state index in [9.17, 15) is 9.59 Å². The number of hydrogen-bond donors (Lipinski definition) is 2. The molecule has 2 N–H and O–H groups in total. The number of amides is 2. The fourth-order valence-corrected chi connectivity index (χ4v) is 1.99. The van der Waals surface area contributed by atoms with Gasteiger partial charge < -0.3 is 10.6 Å². The first-order valence-electron chi connectivity index (χ1n) is 6.97. The Hall–Kier alpha value is -2.88. The number of rotatable bonds is 4. The van der Waals surface area contributed by atoms with Crippen molar-refractivity contribution in [2.24, 2.45) is 0 Å². The van der Waals surface area contributed by atoms with Crippen molar-refractivity contribution in [3.8, 4) is 0 Å². The molecule has 0 aliphatic heterocycles. The van der Waals surface area contributed by atoms with Crippen molar-refractivity contribution in [1.29, 1.82) is 0 Å². The number of aryl methyl sites for hydroxylation is 1. The number of nitrogens with one attached hydrogen (secondary N) is 2. The first-order valence-corrected chi connectivity index (χ1v) is 6.97. The summed E-state index contributed by atoms with van der Waals surface area (Å²) in [6.45, 7) is 3.32. The SMILES string of the molecule is CC(=O)N/C(=C/c1ccccc1)C(=O)Nc1cccc(C)c1. The molecule has 112 valence electrons. The molecule has 0 radical (unpaired) electrons. The first-order chi connectivity index (χ1) is 10.5. The summed E-state index contributed by atoms with van der Waals surface area (Å²) in [6.07, 6.45) is 1.65. The maximum atomic E-state index is 12.4. The molecule has 0 atom stereocenters. The van der Waals surface area contributed by atoms with Crippen LogP contribution >= 0.6 is 0 Å². The van der Waals surface area contributed by atoms with E-state index in [2.05, 4.69) is 10.6 Å². The van der Waals surface area contributed by atoms with Crippen molar-refractivity contribution in [3.63, 3.8) is 0 Å². The number of carbonyl (C=O) groups is 2. The van der Waals surface area contributed by atoms with E-state index in [0.29, 0.717) is 5.69 Å². The van der Waals surface area contributed by atoms with E-state index >= 15 is 0 Å². The van der Waals surface area contributed by atoms with Gasteiger partial charge >= 0.3 is 0 Å². The summed E-state index contributed by atoms with van der Waals surface area (Å²) in [5.74, 6) is -0.647. The average Bonchev–Trinajstić information content (AvgIpc) is 2.47. The molecule has 0 aliphatic carbocycles. The van der Waals surface area contributed by atoms with Gasteiger partial charge in [0, 0.05) is 12.6 Å². The summed E-state index contributed by atoms with van der Waals surface area (Å²) >= 11 is 0. The summed E-state index contributed by atoms with van der Waals surface area (Å²) in [7, 11) is 0. The molecule has 2 rings (SSSR count). The van der Waals surface area contributed by atoms with E-state index in [1.165, 1.54) is 6.92 Å². The lowest BCUT2D eigenvalue weighted by molar-refractivity contribution is -0.120. The molecule has 0 aromatic heterocycles. The molecule has 2 aromatic carbocycles. The van der Waals surface area contributed by atoms with E-state index in [1.807, 2.05) is 55.5 Å². The van der Waals surface area contributed by atoms with Crippen LogP contribution < -0.4 is 10.6 Å². The highest BCUT2D eigenvalue weighted by atomic mass is 16.2. The summed E-state index contributed by atoms with van der Waals surface area (Å²) in [6, 6.07) is 16.8. The van der Waals surface area contributed by atoms with Crippen LogP contribution in [0.5, 0.6) is 0 Å². The molecule has 0 fully saturated rings. The molecule has 0 saturated heterocycles. The molecule has 0 spiro atoms. The number of anilines is 1. The summed E-state index contributed by atoms with van der Waals surface area (Å²) < 4.78 is 0. The van der Waals surface area contributed by atoms with Gasteiger partial charge in [-0.15, -0.1) is 0 Å². The van der Waals surface area contributed by atoms with Gasteiger partial charge in [0.15, 0.2) is 0 Å². The van der Waals surface area contributed by atoms with Gasteiger partial charge in [-0.1, -0.05) is 42.5 Å². The van der Waals surface area contributed by atoms with E-state index in [4.69, 9.17) is 0 Å². The minimum absolute atomic E-state index is 0.209. The second-order valence-electron chi connectivity index (χ2n) is 4.97. The third-order valence-corrected chi connectivity index (χ3v) is 2.94. The van der Waals surface area contributed by atoms with Crippen LogP contribution in [0.15, 0.2) is 60.3 Å². The highest BCUT2D eigenvalue weighted by Crippen LogP contribution is 2.12. The van der Waals surface area contributed by atoms with Crippen molar-refractivity contribution in [3.05, 3.63) is 71.4 Å². The van der Waals surface area contributed by atoms with Crippen LogP contribution in [0.3, 0.4) is 0 Å². The van der Waals surface area contributed by atoms with Gasteiger partial charge in [0.05, 0.1) is 0 Å². The Labute approximate surface area is 129 Å². The molecule has 2 amide bonds. The lowest BCUT2D eigenvalue weighted by Crippen LogP contribution is -2.28. The number of carbonyl (C=O) groups excluding carboxylic acids is 2. The number of hydrogen-bond acceptors (Lipinski definition) is 2. The van der Waals surface area contributed by atoms with Gasteiger partial charge in [0.1, 0.15) is 5.70 Å². The van der Waals surface area contributed by atoms with Gasteiger partial charge in [-0.2, -0.15) is 0 Å². The molecule has 0 heterocycles. The molecule has 0 saturated carbocycles. The monoisotopic (exact) mass is 294 g/mol. The Balaban J connectivity index is 2.23. The van der Waals surface area contributed by atoms with Crippen LogP contribution in [0.4, 0.5) is 5.69 Å². The largest absolute Gasteiger partial charge is 0.322 e. The summed E-state index contributed by atoms with van der Waals surface area (Å²) in [4.78, 5) is 23.7. The third-order valence-electron chi connectivity index (χ3n) is 2.94. The van der Waals surface area contributed by atoms with Crippen molar-refractivity contribution < 1.29 is 9.59 Å². The topological polar surface area (TPSA) is 58.2 Å². The second kappa shape index (κ2) is 7.22. The zero-order valence-corrected chi connectivity index (χ0v) is 12.6. The smallest absolute Gasteiger partial charge is 0.272 e. The minimum Gasteiger partial charge on any atom is -0.322 e. The Morgan fingerprint density at radius 2 is 1.73 bits per heavy atom. The second-order valence-corrected chi connectivity index (χ2v) is 4.97. The fourth-order valence-electron chi connectivity index (χ4n) is 1.99. The third kappa shape index (κ3) is 4.59. The highest BCUT2D eigenvalue weighted by Gasteiger charge is 2.11. The van der Waals surface area contributed by atoms with Crippen molar-refractivity contribution in [2.45, 2.75) is 13.8 Å². The van der Waals surface area contributed by atoms with Crippen LogP contribution in [0, 0.1) is 6.92 Å². The zero-order valence-electron chi connectivity index (χ0n) is 12.6. The van der Waals surface area contributed by atoms with E-state index in [0.717, 1.165) is 11.1 Å². The quantitative estimate of drug-likeness (QED) is 0.851. The van der Waals surface area contributed by atoms with E-state index in [1.54, 1.807) is 12.1 Å². The van der Waals surface area contributed by atoms with Crippen molar-refractivity contribution in [2.75, 3.05) is 5.32 Å². The summed E-state index contributed by atoms with van der Waals surface area (Å²) in [5, 5.41) is 5.36. The van der Waals surface area contributed by atoms with Gasteiger partial charge in [-0.25, -0.2) is 0 Å². The Morgan fingerprint density at radius 1 is 1.00 bits per heavy atom. The normalized spacial score (nSPS) is 10.9. The Morgan fingerprint density at radius 3 is 2.36 bits per heavy atom. The molecule has 0 bridgehead atoms. The Kier molecular flexibility index (Phi) is 5.09. The molecular weight excluding hydrogens is 276 g/mol. The number of benzene rings is 2. The molecule has 4 nitrogen and oxygen atoms in total. The fraction of sp³-hybridized carbons (Fsp3) is 0.111. The predicted molar refractivity (Wildman–Crippen MR) is 88.0 cm³/mol.